The van der Waals surface area contributed by atoms with Crippen molar-refractivity contribution < 1.29 is 24.5 Å². The van der Waals surface area contributed by atoms with E-state index in [1.807, 2.05) is 0 Å². The fourth-order valence-electron chi connectivity index (χ4n) is 1.47. The summed E-state index contributed by atoms with van der Waals surface area (Å²) in [5, 5.41) is 18.1. The molecule has 0 saturated carbocycles. The van der Waals surface area contributed by atoms with Gasteiger partial charge in [-0.1, -0.05) is 6.07 Å². The van der Waals surface area contributed by atoms with Crippen LogP contribution in [-0.4, -0.2) is 35.0 Å². The number of methoxy groups -OCH3 is 1. The van der Waals surface area contributed by atoms with Crippen molar-refractivity contribution in [3.8, 4) is 5.75 Å². The fraction of sp³-hybridized carbons (Fsp3) is 0.333. The minimum Gasteiger partial charge on any atom is -0.496 e. The standard InChI is InChI=1S/C12H13ClO5/c1-18-10-6-7(11(15)12(16)17)2-3-8(10)9(14)4-5-13/h2-3,6,11,15H,4-5H2,1H3,(H,16,17). The van der Waals surface area contributed by atoms with Gasteiger partial charge >= 0.3 is 5.97 Å². The summed E-state index contributed by atoms with van der Waals surface area (Å²) >= 11 is 5.49. The van der Waals surface area contributed by atoms with Gasteiger partial charge < -0.3 is 14.9 Å². The van der Waals surface area contributed by atoms with Crippen LogP contribution in [0.2, 0.25) is 0 Å². The monoisotopic (exact) mass is 272 g/mol. The van der Waals surface area contributed by atoms with Gasteiger partial charge in [-0.3, -0.25) is 4.79 Å². The van der Waals surface area contributed by atoms with Crippen LogP contribution >= 0.6 is 11.6 Å². The summed E-state index contributed by atoms with van der Waals surface area (Å²) in [4.78, 5) is 22.3. The minimum absolute atomic E-state index is 0.154. The molecule has 0 aliphatic heterocycles. The number of aliphatic hydroxyl groups excluding tert-OH is 1. The second kappa shape index (κ2) is 6.37. The first-order valence-corrected chi connectivity index (χ1v) is 5.72. The van der Waals surface area contributed by atoms with Gasteiger partial charge in [-0.15, -0.1) is 11.6 Å². The first kappa shape index (κ1) is 14.5. The van der Waals surface area contributed by atoms with E-state index in [9.17, 15) is 14.7 Å². The topological polar surface area (TPSA) is 83.8 Å². The Bertz CT molecular complexity index is 458. The molecule has 5 nitrogen and oxygen atoms in total. The average Bonchev–Trinajstić information content (AvgIpc) is 2.37. The molecule has 0 aromatic heterocycles. The Morgan fingerprint density at radius 1 is 1.44 bits per heavy atom. The van der Waals surface area contributed by atoms with Crippen LogP contribution in [0.25, 0.3) is 0 Å². The molecule has 1 aromatic rings. The third-order valence-corrected chi connectivity index (χ3v) is 2.59. The van der Waals surface area contributed by atoms with Crippen molar-refractivity contribution in [3.05, 3.63) is 29.3 Å². The number of halogens is 1. The Morgan fingerprint density at radius 2 is 2.11 bits per heavy atom. The lowest BCUT2D eigenvalue weighted by Crippen LogP contribution is -2.11. The Morgan fingerprint density at radius 3 is 2.61 bits per heavy atom. The summed E-state index contributed by atoms with van der Waals surface area (Å²) in [6.45, 7) is 0. The van der Waals surface area contributed by atoms with Gasteiger partial charge in [0.2, 0.25) is 0 Å². The SMILES string of the molecule is COc1cc(C(O)C(=O)O)ccc1C(=O)CCCl. The summed E-state index contributed by atoms with van der Waals surface area (Å²) in [5.74, 6) is -1.14. The van der Waals surface area contributed by atoms with Crippen LogP contribution in [-0.2, 0) is 4.79 Å². The minimum atomic E-state index is -1.64. The molecule has 0 fully saturated rings. The smallest absolute Gasteiger partial charge is 0.337 e. The molecule has 98 valence electrons. The number of ether oxygens (including phenoxy) is 1. The summed E-state index contributed by atoms with van der Waals surface area (Å²) in [6.07, 6.45) is -1.48. The van der Waals surface area contributed by atoms with Gasteiger partial charge in [0.05, 0.1) is 12.7 Å². The quantitative estimate of drug-likeness (QED) is 0.607. The van der Waals surface area contributed by atoms with Crippen LogP contribution in [0.4, 0.5) is 0 Å². The third-order valence-electron chi connectivity index (χ3n) is 2.40. The maximum atomic E-state index is 11.7. The van der Waals surface area contributed by atoms with Gasteiger partial charge in [0.1, 0.15) is 5.75 Å². The van der Waals surface area contributed by atoms with Crippen molar-refractivity contribution in [2.75, 3.05) is 13.0 Å². The molecule has 0 aliphatic rings. The highest BCUT2D eigenvalue weighted by Crippen LogP contribution is 2.25. The molecule has 0 radical (unpaired) electrons. The van der Waals surface area contributed by atoms with Crippen molar-refractivity contribution in [2.45, 2.75) is 12.5 Å². The van der Waals surface area contributed by atoms with Gasteiger partial charge in [-0.25, -0.2) is 4.79 Å². The second-order valence-corrected chi connectivity index (χ2v) is 3.94. The van der Waals surface area contributed by atoms with Crippen molar-refractivity contribution >= 4 is 23.4 Å². The van der Waals surface area contributed by atoms with E-state index < -0.39 is 12.1 Å². The number of aliphatic hydroxyl groups is 1. The number of aliphatic carboxylic acids is 1. The van der Waals surface area contributed by atoms with E-state index in [1.54, 1.807) is 0 Å². The molecule has 1 atom stereocenters. The lowest BCUT2D eigenvalue weighted by atomic mass is 10.0. The number of alkyl halides is 1. The number of carboxylic acids is 1. The largest absolute Gasteiger partial charge is 0.496 e. The van der Waals surface area contributed by atoms with Crippen molar-refractivity contribution in [1.82, 2.24) is 0 Å². The van der Waals surface area contributed by atoms with Crippen LogP contribution in [0.1, 0.15) is 28.4 Å². The predicted octanol–water partition coefficient (Wildman–Crippen LogP) is 1.62. The average molecular weight is 273 g/mol. The van der Waals surface area contributed by atoms with E-state index in [4.69, 9.17) is 21.4 Å². The third kappa shape index (κ3) is 3.21. The molecule has 0 heterocycles. The van der Waals surface area contributed by atoms with Crippen molar-refractivity contribution in [1.29, 1.82) is 0 Å². The number of carbonyl (C=O) groups excluding carboxylic acids is 1. The second-order valence-electron chi connectivity index (χ2n) is 3.56. The summed E-state index contributed by atoms with van der Waals surface area (Å²) in [5.41, 5.74) is 0.473. The van der Waals surface area contributed by atoms with E-state index in [-0.39, 0.29) is 29.4 Å². The molecule has 18 heavy (non-hydrogen) atoms. The number of carbonyl (C=O) groups is 2. The lowest BCUT2D eigenvalue weighted by molar-refractivity contribution is -0.146. The van der Waals surface area contributed by atoms with Crippen LogP contribution in [0.5, 0.6) is 5.75 Å². The van der Waals surface area contributed by atoms with Gasteiger partial charge in [-0.05, 0) is 17.7 Å². The van der Waals surface area contributed by atoms with Crippen LogP contribution < -0.4 is 4.74 Å². The molecule has 0 saturated heterocycles. The Labute approximate surface area is 109 Å². The molecule has 1 unspecified atom stereocenters. The maximum Gasteiger partial charge on any atom is 0.337 e. The molecule has 2 N–H and O–H groups in total. The number of Topliss-reactive ketones (excluding diaryl/α,β-unsaturated/α-hetero) is 1. The molecule has 0 spiro atoms. The van der Waals surface area contributed by atoms with Crippen LogP contribution in [0, 0.1) is 0 Å². The zero-order valence-electron chi connectivity index (χ0n) is 9.72. The molecular formula is C12H13ClO5. The van der Waals surface area contributed by atoms with Gasteiger partial charge in [-0.2, -0.15) is 0 Å². The zero-order chi connectivity index (χ0) is 13.7. The summed E-state index contributed by atoms with van der Waals surface area (Å²) in [7, 11) is 1.36. The zero-order valence-corrected chi connectivity index (χ0v) is 10.5. The summed E-state index contributed by atoms with van der Waals surface area (Å²) in [6, 6.07) is 4.14. The molecule has 1 rings (SSSR count). The Balaban J connectivity index is 3.11. The first-order valence-electron chi connectivity index (χ1n) is 5.19. The number of hydrogen-bond acceptors (Lipinski definition) is 4. The summed E-state index contributed by atoms with van der Waals surface area (Å²) < 4.78 is 5.02. The maximum absolute atomic E-state index is 11.7. The van der Waals surface area contributed by atoms with E-state index in [0.29, 0.717) is 5.56 Å². The molecule has 1 aromatic carbocycles. The Hall–Kier alpha value is -1.59. The van der Waals surface area contributed by atoms with Gasteiger partial charge in [0.25, 0.3) is 0 Å². The molecule has 6 heteroatoms. The van der Waals surface area contributed by atoms with E-state index in [2.05, 4.69) is 0 Å². The number of hydrogen-bond donors (Lipinski definition) is 2. The number of rotatable bonds is 6. The molecule has 0 aliphatic carbocycles. The predicted molar refractivity (Wildman–Crippen MR) is 65.3 cm³/mol. The highest BCUT2D eigenvalue weighted by Gasteiger charge is 2.19. The van der Waals surface area contributed by atoms with E-state index in [0.717, 1.165) is 0 Å². The molecular weight excluding hydrogens is 260 g/mol. The van der Waals surface area contributed by atoms with Gasteiger partial charge in [0, 0.05) is 12.3 Å². The number of benzene rings is 1. The highest BCUT2D eigenvalue weighted by atomic mass is 35.5. The van der Waals surface area contributed by atoms with Gasteiger partial charge in [0.15, 0.2) is 11.9 Å². The normalized spacial score (nSPS) is 11.9. The van der Waals surface area contributed by atoms with Crippen LogP contribution in [0.15, 0.2) is 18.2 Å². The molecule has 0 amide bonds. The Kier molecular flexibility index (Phi) is 5.12. The lowest BCUT2D eigenvalue weighted by Gasteiger charge is -2.11. The van der Waals surface area contributed by atoms with Crippen molar-refractivity contribution in [2.24, 2.45) is 0 Å². The first-order chi connectivity index (χ1) is 8.51. The number of ketones is 1. The van der Waals surface area contributed by atoms with E-state index in [1.165, 1.54) is 25.3 Å². The van der Waals surface area contributed by atoms with Crippen molar-refractivity contribution in [3.63, 3.8) is 0 Å². The van der Waals surface area contributed by atoms with Crippen LogP contribution in [0.3, 0.4) is 0 Å². The number of carboxylic acid groups (broad SMARTS) is 1. The highest BCUT2D eigenvalue weighted by molar-refractivity contribution is 6.19. The fourth-order valence-corrected chi connectivity index (χ4v) is 1.64. The molecule has 0 bridgehead atoms. The van der Waals surface area contributed by atoms with E-state index >= 15 is 0 Å².